The van der Waals surface area contributed by atoms with Crippen LogP contribution in [0.5, 0.6) is 5.88 Å². The van der Waals surface area contributed by atoms with Crippen molar-refractivity contribution in [3.63, 3.8) is 0 Å². The molecule has 0 bridgehead atoms. The first-order valence-corrected chi connectivity index (χ1v) is 11.1. The molecule has 4 aromatic heterocycles. The maximum atomic E-state index is 12.3. The number of nitrogens with zero attached hydrogens (tertiary/aromatic N) is 7. The summed E-state index contributed by atoms with van der Waals surface area (Å²) in [4.78, 5) is 23.8. The Balaban J connectivity index is 1.49. The molecule has 5 heterocycles. The summed E-state index contributed by atoms with van der Waals surface area (Å²) in [7, 11) is 1.56. The molecular weight excluding hydrogens is 488 g/mol. The van der Waals surface area contributed by atoms with E-state index in [-0.39, 0.29) is 11.6 Å². The van der Waals surface area contributed by atoms with Crippen LogP contribution >= 0.6 is 15.9 Å². The molecule has 0 radical (unpaired) electrons. The van der Waals surface area contributed by atoms with Gasteiger partial charge in [-0.05, 0) is 28.1 Å². The number of halogens is 1. The fraction of sp³-hybridized carbons (Fsp3) is 0.182. The second-order valence-corrected chi connectivity index (χ2v) is 8.82. The first-order chi connectivity index (χ1) is 15.9. The maximum Gasteiger partial charge on any atom is 0.331 e. The second kappa shape index (κ2) is 7.07. The molecule has 33 heavy (non-hydrogen) atoms. The first-order valence-electron chi connectivity index (χ1n) is 10.3. The normalized spacial score (nSPS) is 13.7. The standard InChI is InChI=1S/C22H19BrN8O2/c1-28-21(32)16-11-29(6-7-30(16)22(28)33)20-17(23)18(24)31-19(27-20)14(10-26-31)13-8-12-4-2-3-5-15(12)25-9-13/h2-5,8-10,32H,6-7,11,24H2,1H3. The van der Waals surface area contributed by atoms with E-state index in [2.05, 4.69) is 32.1 Å². The molecule has 1 aromatic carbocycles. The molecule has 0 unspecified atom stereocenters. The summed E-state index contributed by atoms with van der Waals surface area (Å²) in [6, 6.07) is 9.97. The van der Waals surface area contributed by atoms with Crippen LogP contribution in [-0.4, -0.2) is 40.4 Å². The number of imidazole rings is 1. The van der Waals surface area contributed by atoms with Gasteiger partial charge in [0.15, 0.2) is 5.65 Å². The molecule has 0 fully saturated rings. The summed E-state index contributed by atoms with van der Waals surface area (Å²) in [5, 5.41) is 15.9. The van der Waals surface area contributed by atoms with Gasteiger partial charge in [-0.15, -0.1) is 0 Å². The van der Waals surface area contributed by atoms with E-state index in [1.54, 1.807) is 28.5 Å². The SMILES string of the molecule is Cn1c(O)c2n(c1=O)CCN(c1nc3c(-c4cnc5ccccc5c4)cnn3c(N)c1Br)C2. The van der Waals surface area contributed by atoms with E-state index in [0.29, 0.717) is 47.1 Å². The van der Waals surface area contributed by atoms with E-state index in [1.807, 2.05) is 29.2 Å². The number of aromatic hydroxyl groups is 1. The van der Waals surface area contributed by atoms with Gasteiger partial charge < -0.3 is 15.7 Å². The first kappa shape index (κ1) is 19.8. The van der Waals surface area contributed by atoms with E-state index < -0.39 is 0 Å². The minimum Gasteiger partial charge on any atom is -0.493 e. The Morgan fingerprint density at radius 3 is 2.85 bits per heavy atom. The molecule has 6 rings (SSSR count). The van der Waals surface area contributed by atoms with Gasteiger partial charge >= 0.3 is 5.69 Å². The Labute approximate surface area is 195 Å². The zero-order valence-corrected chi connectivity index (χ0v) is 19.2. The summed E-state index contributed by atoms with van der Waals surface area (Å²) in [6.45, 7) is 1.30. The van der Waals surface area contributed by atoms with Gasteiger partial charge in [0.05, 0.1) is 18.3 Å². The van der Waals surface area contributed by atoms with Gasteiger partial charge in [0.2, 0.25) is 5.88 Å². The second-order valence-electron chi connectivity index (χ2n) is 8.03. The third kappa shape index (κ3) is 2.85. The minimum atomic E-state index is -0.231. The summed E-state index contributed by atoms with van der Waals surface area (Å²) in [6.07, 6.45) is 3.54. The number of nitrogen functional groups attached to an aromatic ring is 1. The molecule has 0 spiro atoms. The van der Waals surface area contributed by atoms with Gasteiger partial charge in [0.25, 0.3) is 0 Å². The number of hydrogen-bond donors (Lipinski definition) is 2. The van der Waals surface area contributed by atoms with Crippen LogP contribution in [0.2, 0.25) is 0 Å². The Morgan fingerprint density at radius 1 is 1.18 bits per heavy atom. The van der Waals surface area contributed by atoms with Gasteiger partial charge in [0, 0.05) is 42.8 Å². The minimum absolute atomic E-state index is 0.0397. The Hall–Kier alpha value is -3.86. The number of pyridine rings is 1. The molecule has 1 aliphatic rings. The van der Waals surface area contributed by atoms with E-state index in [4.69, 9.17) is 10.7 Å². The van der Waals surface area contributed by atoms with Crippen molar-refractivity contribution < 1.29 is 5.11 Å². The van der Waals surface area contributed by atoms with Crippen LogP contribution in [0, 0.1) is 0 Å². The number of aromatic nitrogens is 6. The molecule has 0 amide bonds. The summed E-state index contributed by atoms with van der Waals surface area (Å²) < 4.78 is 5.04. The molecule has 0 saturated heterocycles. The molecule has 11 heteroatoms. The van der Waals surface area contributed by atoms with Crippen LogP contribution in [-0.2, 0) is 20.1 Å². The Morgan fingerprint density at radius 2 is 2.00 bits per heavy atom. The molecule has 0 atom stereocenters. The highest BCUT2D eigenvalue weighted by Crippen LogP contribution is 2.36. The van der Waals surface area contributed by atoms with Crippen LogP contribution in [0.15, 0.2) is 52.0 Å². The van der Waals surface area contributed by atoms with Crippen molar-refractivity contribution in [2.45, 2.75) is 13.1 Å². The van der Waals surface area contributed by atoms with Crippen molar-refractivity contribution in [1.29, 1.82) is 0 Å². The topological polar surface area (TPSA) is 120 Å². The average Bonchev–Trinajstić information content (AvgIpc) is 3.36. The lowest BCUT2D eigenvalue weighted by molar-refractivity contribution is 0.419. The van der Waals surface area contributed by atoms with Crippen molar-refractivity contribution in [2.75, 3.05) is 17.2 Å². The monoisotopic (exact) mass is 506 g/mol. The van der Waals surface area contributed by atoms with Crippen molar-refractivity contribution in [3.05, 3.63) is 63.4 Å². The van der Waals surface area contributed by atoms with E-state index in [1.165, 1.54) is 4.57 Å². The van der Waals surface area contributed by atoms with Crippen LogP contribution in [0.1, 0.15) is 5.69 Å². The number of fused-ring (bicyclic) bond motifs is 3. The smallest absolute Gasteiger partial charge is 0.331 e. The largest absolute Gasteiger partial charge is 0.493 e. The molecule has 1 aliphatic heterocycles. The lowest BCUT2D eigenvalue weighted by atomic mass is 10.1. The Kier molecular flexibility index (Phi) is 4.24. The molecule has 10 nitrogen and oxygen atoms in total. The van der Waals surface area contributed by atoms with Crippen molar-refractivity contribution >= 4 is 44.1 Å². The highest BCUT2D eigenvalue weighted by Gasteiger charge is 2.28. The van der Waals surface area contributed by atoms with Gasteiger partial charge in [0.1, 0.15) is 21.8 Å². The van der Waals surface area contributed by atoms with Gasteiger partial charge in [-0.3, -0.25) is 14.1 Å². The lowest BCUT2D eigenvalue weighted by Gasteiger charge is -2.29. The zero-order chi connectivity index (χ0) is 22.9. The summed E-state index contributed by atoms with van der Waals surface area (Å²) in [5.74, 6) is 0.995. The number of hydrogen-bond acceptors (Lipinski definition) is 7. The maximum absolute atomic E-state index is 12.3. The molecule has 0 aliphatic carbocycles. The number of rotatable bonds is 2. The molecule has 166 valence electrons. The van der Waals surface area contributed by atoms with Crippen molar-refractivity contribution in [1.82, 2.24) is 28.7 Å². The number of anilines is 2. The van der Waals surface area contributed by atoms with Gasteiger partial charge in [-0.25, -0.2) is 9.78 Å². The van der Waals surface area contributed by atoms with E-state index in [0.717, 1.165) is 22.0 Å². The average molecular weight is 507 g/mol. The lowest BCUT2D eigenvalue weighted by Crippen LogP contribution is -2.38. The van der Waals surface area contributed by atoms with Crippen LogP contribution in [0.25, 0.3) is 27.7 Å². The molecular formula is C22H19BrN8O2. The molecule has 0 saturated carbocycles. The highest BCUT2D eigenvalue weighted by molar-refractivity contribution is 9.10. The van der Waals surface area contributed by atoms with Crippen LogP contribution in [0.3, 0.4) is 0 Å². The highest BCUT2D eigenvalue weighted by atomic mass is 79.9. The third-order valence-electron chi connectivity index (χ3n) is 6.16. The van der Waals surface area contributed by atoms with Gasteiger partial charge in [-0.2, -0.15) is 9.61 Å². The van der Waals surface area contributed by atoms with Crippen molar-refractivity contribution in [2.24, 2.45) is 7.05 Å². The molecule has 5 aromatic rings. The zero-order valence-electron chi connectivity index (χ0n) is 17.6. The predicted molar refractivity (Wildman–Crippen MR) is 128 cm³/mol. The van der Waals surface area contributed by atoms with Crippen LogP contribution in [0.4, 0.5) is 11.6 Å². The Bertz CT molecular complexity index is 1630. The third-order valence-corrected chi connectivity index (χ3v) is 6.92. The summed E-state index contributed by atoms with van der Waals surface area (Å²) in [5.41, 5.74) is 9.95. The fourth-order valence-corrected chi connectivity index (χ4v) is 4.87. The summed E-state index contributed by atoms with van der Waals surface area (Å²) >= 11 is 3.57. The van der Waals surface area contributed by atoms with Crippen LogP contribution < -0.4 is 16.3 Å². The van der Waals surface area contributed by atoms with Gasteiger partial charge in [-0.1, -0.05) is 18.2 Å². The number of benzene rings is 1. The predicted octanol–water partition coefficient (Wildman–Crippen LogP) is 2.52. The fourth-order valence-electron chi connectivity index (χ4n) is 4.36. The quantitative estimate of drug-likeness (QED) is 0.377. The number of para-hydroxylation sites is 1. The van der Waals surface area contributed by atoms with Crippen molar-refractivity contribution in [3.8, 4) is 17.0 Å². The number of nitrogens with two attached hydrogens (primary N) is 1. The molecule has 3 N–H and O–H groups in total. The van der Waals surface area contributed by atoms with E-state index >= 15 is 0 Å². The van der Waals surface area contributed by atoms with E-state index in [9.17, 15) is 9.90 Å².